The van der Waals surface area contributed by atoms with Crippen LogP contribution in [0, 0.1) is 5.92 Å². The van der Waals surface area contributed by atoms with Gasteiger partial charge in [-0.15, -0.1) is 0 Å². The van der Waals surface area contributed by atoms with E-state index in [0.717, 1.165) is 32.1 Å². The molecule has 0 aromatic rings. The molecule has 2 heteroatoms. The van der Waals surface area contributed by atoms with Crippen molar-refractivity contribution in [3.8, 4) is 0 Å². The molecule has 1 rings (SSSR count). The molecule has 1 aliphatic rings. The number of ether oxygens (including phenoxy) is 1. The minimum atomic E-state index is -0.0492. The van der Waals surface area contributed by atoms with Crippen molar-refractivity contribution in [3.63, 3.8) is 0 Å². The average molecular weight is 236 g/mol. The Balaban J connectivity index is 2.02. The molecule has 0 N–H and O–H groups in total. The molecule has 0 saturated carbocycles. The number of allylic oxidation sites excluding steroid dienone is 4. The Morgan fingerprint density at radius 1 is 1.41 bits per heavy atom. The Morgan fingerprint density at radius 2 is 2.24 bits per heavy atom. The lowest BCUT2D eigenvalue weighted by molar-refractivity contribution is -0.144. The van der Waals surface area contributed by atoms with Gasteiger partial charge in [0.05, 0.1) is 6.61 Å². The lowest BCUT2D eigenvalue weighted by Gasteiger charge is -2.08. The second-order valence-electron chi connectivity index (χ2n) is 5.02. The SMILES string of the molecule is CC(C)CCC(=O)OCCCC1=CCCC=C1. The fourth-order valence-electron chi connectivity index (χ4n) is 1.79. The quantitative estimate of drug-likeness (QED) is 0.493. The predicted molar refractivity (Wildman–Crippen MR) is 70.7 cm³/mol. The highest BCUT2D eigenvalue weighted by Gasteiger charge is 2.04. The van der Waals surface area contributed by atoms with E-state index >= 15 is 0 Å². The van der Waals surface area contributed by atoms with Gasteiger partial charge in [-0.3, -0.25) is 4.79 Å². The third kappa shape index (κ3) is 6.98. The summed E-state index contributed by atoms with van der Waals surface area (Å²) >= 11 is 0. The molecular weight excluding hydrogens is 212 g/mol. The summed E-state index contributed by atoms with van der Waals surface area (Å²) < 4.78 is 5.19. The lowest BCUT2D eigenvalue weighted by Crippen LogP contribution is -2.07. The predicted octanol–water partition coefficient (Wildman–Crippen LogP) is 4.02. The maximum absolute atomic E-state index is 11.3. The highest BCUT2D eigenvalue weighted by molar-refractivity contribution is 5.69. The van der Waals surface area contributed by atoms with Gasteiger partial charge in [0.2, 0.25) is 0 Å². The van der Waals surface area contributed by atoms with E-state index in [0.29, 0.717) is 18.9 Å². The van der Waals surface area contributed by atoms with Crippen molar-refractivity contribution in [2.45, 2.75) is 52.4 Å². The van der Waals surface area contributed by atoms with Crippen molar-refractivity contribution >= 4 is 5.97 Å². The molecule has 0 radical (unpaired) electrons. The zero-order valence-corrected chi connectivity index (χ0v) is 11.1. The monoisotopic (exact) mass is 236 g/mol. The molecule has 96 valence electrons. The summed E-state index contributed by atoms with van der Waals surface area (Å²) in [7, 11) is 0. The summed E-state index contributed by atoms with van der Waals surface area (Å²) in [6.45, 7) is 4.80. The second-order valence-corrected chi connectivity index (χ2v) is 5.02. The molecule has 0 atom stereocenters. The topological polar surface area (TPSA) is 26.3 Å². The summed E-state index contributed by atoms with van der Waals surface area (Å²) in [5, 5.41) is 0. The van der Waals surface area contributed by atoms with Crippen molar-refractivity contribution in [3.05, 3.63) is 23.8 Å². The highest BCUT2D eigenvalue weighted by atomic mass is 16.5. The first-order valence-corrected chi connectivity index (χ1v) is 6.69. The van der Waals surface area contributed by atoms with Gasteiger partial charge >= 0.3 is 5.97 Å². The summed E-state index contributed by atoms with van der Waals surface area (Å²) in [4.78, 5) is 11.3. The Labute approximate surface area is 105 Å². The van der Waals surface area contributed by atoms with Crippen LogP contribution in [0.3, 0.4) is 0 Å². The molecule has 0 unspecified atom stereocenters. The highest BCUT2D eigenvalue weighted by Crippen LogP contribution is 2.14. The zero-order chi connectivity index (χ0) is 12.5. The van der Waals surface area contributed by atoms with Gasteiger partial charge in [0, 0.05) is 6.42 Å². The molecule has 0 saturated heterocycles. The van der Waals surface area contributed by atoms with E-state index in [4.69, 9.17) is 4.74 Å². The van der Waals surface area contributed by atoms with Crippen LogP contribution in [0.15, 0.2) is 23.8 Å². The molecule has 0 aliphatic heterocycles. The third-order valence-corrected chi connectivity index (χ3v) is 2.87. The van der Waals surface area contributed by atoms with Gasteiger partial charge in [0.15, 0.2) is 0 Å². The summed E-state index contributed by atoms with van der Waals surface area (Å²) in [5.41, 5.74) is 1.38. The van der Waals surface area contributed by atoms with E-state index in [1.165, 1.54) is 5.57 Å². The molecule has 0 bridgehead atoms. The molecule has 0 heterocycles. The number of esters is 1. The maximum Gasteiger partial charge on any atom is 0.305 e. The van der Waals surface area contributed by atoms with Crippen molar-refractivity contribution in [1.29, 1.82) is 0 Å². The third-order valence-electron chi connectivity index (χ3n) is 2.87. The first-order chi connectivity index (χ1) is 8.18. The zero-order valence-electron chi connectivity index (χ0n) is 11.1. The Bertz CT molecular complexity index is 287. The first-order valence-electron chi connectivity index (χ1n) is 6.69. The largest absolute Gasteiger partial charge is 0.466 e. The van der Waals surface area contributed by atoms with Gasteiger partial charge in [-0.05, 0) is 38.0 Å². The number of hydrogen-bond donors (Lipinski definition) is 0. The van der Waals surface area contributed by atoms with Crippen LogP contribution in [0.1, 0.15) is 52.4 Å². The molecule has 17 heavy (non-hydrogen) atoms. The van der Waals surface area contributed by atoms with Gasteiger partial charge in [0.1, 0.15) is 0 Å². The van der Waals surface area contributed by atoms with Crippen LogP contribution in [-0.4, -0.2) is 12.6 Å². The number of carbonyl (C=O) groups excluding carboxylic acids is 1. The van der Waals surface area contributed by atoms with E-state index in [9.17, 15) is 4.79 Å². The molecule has 2 nitrogen and oxygen atoms in total. The van der Waals surface area contributed by atoms with Crippen LogP contribution in [0.25, 0.3) is 0 Å². The fraction of sp³-hybridized carbons (Fsp3) is 0.667. The standard InChI is InChI=1S/C15H24O2/c1-13(2)10-11-15(16)17-12-6-9-14-7-4-3-5-8-14/h4,7-8,13H,3,5-6,9-12H2,1-2H3. The molecule has 1 aliphatic carbocycles. The van der Waals surface area contributed by atoms with E-state index in [-0.39, 0.29) is 5.97 Å². The van der Waals surface area contributed by atoms with Gasteiger partial charge in [-0.1, -0.05) is 37.6 Å². The van der Waals surface area contributed by atoms with Crippen molar-refractivity contribution in [1.82, 2.24) is 0 Å². The van der Waals surface area contributed by atoms with Crippen molar-refractivity contribution in [2.24, 2.45) is 5.92 Å². The van der Waals surface area contributed by atoms with E-state index < -0.39 is 0 Å². The molecule has 0 spiro atoms. The van der Waals surface area contributed by atoms with Crippen molar-refractivity contribution < 1.29 is 9.53 Å². The van der Waals surface area contributed by atoms with Gasteiger partial charge < -0.3 is 4.74 Å². The van der Waals surface area contributed by atoms with Crippen molar-refractivity contribution in [2.75, 3.05) is 6.61 Å². The molecule has 0 amide bonds. The number of carbonyl (C=O) groups is 1. The van der Waals surface area contributed by atoms with Gasteiger partial charge in [0.25, 0.3) is 0 Å². The maximum atomic E-state index is 11.3. The van der Waals surface area contributed by atoms with Crippen LogP contribution in [-0.2, 0) is 9.53 Å². The average Bonchev–Trinajstić information content (AvgIpc) is 2.33. The second kappa shape index (κ2) is 8.10. The Kier molecular flexibility index (Phi) is 6.68. The van der Waals surface area contributed by atoms with E-state index in [2.05, 4.69) is 32.1 Å². The lowest BCUT2D eigenvalue weighted by atomic mass is 10.0. The van der Waals surface area contributed by atoms with Gasteiger partial charge in [-0.2, -0.15) is 0 Å². The molecular formula is C15H24O2. The minimum Gasteiger partial charge on any atom is -0.466 e. The van der Waals surface area contributed by atoms with Crippen LogP contribution in [0.2, 0.25) is 0 Å². The number of rotatable bonds is 7. The minimum absolute atomic E-state index is 0.0492. The first kappa shape index (κ1) is 14.0. The molecule has 0 aromatic carbocycles. The van der Waals surface area contributed by atoms with Crippen LogP contribution >= 0.6 is 0 Å². The number of hydrogen-bond acceptors (Lipinski definition) is 2. The summed E-state index contributed by atoms with van der Waals surface area (Å²) in [6.07, 6.45) is 12.4. The van der Waals surface area contributed by atoms with Crippen LogP contribution in [0.4, 0.5) is 0 Å². The normalized spacial score (nSPS) is 14.9. The van der Waals surface area contributed by atoms with Crippen LogP contribution in [0.5, 0.6) is 0 Å². The molecule has 0 fully saturated rings. The van der Waals surface area contributed by atoms with Gasteiger partial charge in [-0.25, -0.2) is 0 Å². The van der Waals surface area contributed by atoms with E-state index in [1.807, 2.05) is 0 Å². The van der Waals surface area contributed by atoms with E-state index in [1.54, 1.807) is 0 Å². The van der Waals surface area contributed by atoms with Crippen LogP contribution < -0.4 is 0 Å². The Morgan fingerprint density at radius 3 is 2.88 bits per heavy atom. The Hall–Kier alpha value is -1.05. The molecule has 0 aromatic heterocycles. The summed E-state index contributed by atoms with van der Waals surface area (Å²) in [6, 6.07) is 0. The fourth-order valence-corrected chi connectivity index (χ4v) is 1.79. The summed E-state index contributed by atoms with van der Waals surface area (Å²) in [5.74, 6) is 0.520. The smallest absolute Gasteiger partial charge is 0.305 e.